The highest BCUT2D eigenvalue weighted by molar-refractivity contribution is 5.98. The summed E-state index contributed by atoms with van der Waals surface area (Å²) >= 11 is 0. The lowest BCUT2D eigenvalue weighted by Gasteiger charge is -2.25. The average molecular weight is 422 g/mol. The largest absolute Gasteiger partial charge is 0.452 e. The normalized spacial score (nSPS) is 17.7. The van der Waals surface area contributed by atoms with Crippen molar-refractivity contribution in [3.8, 4) is 0 Å². The van der Waals surface area contributed by atoms with Crippen LogP contribution in [0.1, 0.15) is 49.2 Å². The third kappa shape index (κ3) is 5.36. The summed E-state index contributed by atoms with van der Waals surface area (Å²) in [7, 11) is 0. The summed E-state index contributed by atoms with van der Waals surface area (Å²) in [5, 5.41) is 2.64. The topological polar surface area (TPSA) is 92.8 Å². The van der Waals surface area contributed by atoms with Crippen LogP contribution in [-0.2, 0) is 19.1 Å². The van der Waals surface area contributed by atoms with Crippen LogP contribution in [0.2, 0.25) is 0 Å². The van der Waals surface area contributed by atoms with Crippen molar-refractivity contribution in [2.24, 2.45) is 5.92 Å². The van der Waals surface area contributed by atoms with E-state index >= 15 is 0 Å². The number of hydrogen-bond acceptors (Lipinski definition) is 5. The van der Waals surface area contributed by atoms with Crippen LogP contribution in [-0.4, -0.2) is 41.1 Å². The molecule has 0 unspecified atom stereocenters. The average Bonchev–Trinajstić information content (AvgIpc) is 3.15. The fraction of sp³-hybridized carbons (Fsp3) is 0.333. The number of benzene rings is 2. The molecule has 7 nitrogen and oxygen atoms in total. The van der Waals surface area contributed by atoms with Gasteiger partial charge in [-0.3, -0.25) is 19.2 Å². The third-order valence-corrected chi connectivity index (χ3v) is 5.44. The summed E-state index contributed by atoms with van der Waals surface area (Å²) in [6, 6.07) is 16.0. The number of hydrogen-bond donors (Lipinski definition) is 1. The second-order valence-electron chi connectivity index (χ2n) is 7.74. The molecular formula is C24H26N2O5. The molecule has 0 aromatic heterocycles. The zero-order valence-electron chi connectivity index (χ0n) is 17.8. The SMILES string of the molecule is CC(=O)c1cccc(NC(=O)[C@H](C)OC(=O)[C@H]2CC(=O)N([C@@H](C)c3ccccc3)C2)c1. The number of ketones is 1. The molecule has 1 N–H and O–H groups in total. The molecule has 2 amide bonds. The number of carbonyl (C=O) groups is 4. The predicted octanol–water partition coefficient (Wildman–Crippen LogP) is 3.37. The van der Waals surface area contributed by atoms with E-state index in [0.29, 0.717) is 11.3 Å². The van der Waals surface area contributed by atoms with Gasteiger partial charge in [-0.15, -0.1) is 0 Å². The van der Waals surface area contributed by atoms with E-state index in [4.69, 9.17) is 4.74 Å². The van der Waals surface area contributed by atoms with Gasteiger partial charge in [0.1, 0.15) is 0 Å². The number of anilines is 1. The molecule has 3 atom stereocenters. The first-order valence-corrected chi connectivity index (χ1v) is 10.2. The number of nitrogens with zero attached hydrogens (tertiary/aromatic N) is 1. The number of esters is 1. The van der Waals surface area contributed by atoms with Gasteiger partial charge in [0, 0.05) is 24.2 Å². The number of ether oxygens (including phenoxy) is 1. The Morgan fingerprint density at radius 3 is 2.45 bits per heavy atom. The summed E-state index contributed by atoms with van der Waals surface area (Å²) in [6.07, 6.45) is -0.977. The van der Waals surface area contributed by atoms with E-state index in [0.717, 1.165) is 5.56 Å². The molecular weight excluding hydrogens is 396 g/mol. The van der Waals surface area contributed by atoms with Crippen LogP contribution < -0.4 is 5.32 Å². The van der Waals surface area contributed by atoms with Crippen LogP contribution in [0.25, 0.3) is 0 Å². The minimum Gasteiger partial charge on any atom is -0.452 e. The fourth-order valence-corrected chi connectivity index (χ4v) is 3.56. The maximum Gasteiger partial charge on any atom is 0.312 e. The molecule has 162 valence electrons. The van der Waals surface area contributed by atoms with Crippen LogP contribution in [0, 0.1) is 5.92 Å². The van der Waals surface area contributed by atoms with Crippen molar-refractivity contribution in [3.63, 3.8) is 0 Å². The van der Waals surface area contributed by atoms with Crippen molar-refractivity contribution in [2.45, 2.75) is 39.3 Å². The molecule has 0 bridgehead atoms. The molecule has 1 aliphatic rings. The first-order chi connectivity index (χ1) is 14.8. The van der Waals surface area contributed by atoms with Gasteiger partial charge < -0.3 is 15.0 Å². The van der Waals surface area contributed by atoms with E-state index in [1.54, 1.807) is 29.2 Å². The summed E-state index contributed by atoms with van der Waals surface area (Å²) < 4.78 is 5.33. The molecule has 1 saturated heterocycles. The highest BCUT2D eigenvalue weighted by Gasteiger charge is 2.38. The lowest BCUT2D eigenvalue weighted by molar-refractivity contribution is -0.157. The van der Waals surface area contributed by atoms with Gasteiger partial charge in [0.05, 0.1) is 12.0 Å². The van der Waals surface area contributed by atoms with Gasteiger partial charge in [0.25, 0.3) is 5.91 Å². The van der Waals surface area contributed by atoms with E-state index in [1.165, 1.54) is 13.8 Å². The smallest absolute Gasteiger partial charge is 0.312 e. The van der Waals surface area contributed by atoms with Gasteiger partial charge in [0.15, 0.2) is 11.9 Å². The number of Topliss-reactive ketones (excluding diaryl/α,β-unsaturated/α-hetero) is 1. The van der Waals surface area contributed by atoms with Gasteiger partial charge in [0.2, 0.25) is 5.91 Å². The Balaban J connectivity index is 1.57. The van der Waals surface area contributed by atoms with Crippen LogP contribution in [0.4, 0.5) is 5.69 Å². The van der Waals surface area contributed by atoms with Crippen molar-refractivity contribution >= 4 is 29.3 Å². The highest BCUT2D eigenvalue weighted by Crippen LogP contribution is 2.29. The molecule has 1 heterocycles. The first kappa shape index (κ1) is 22.2. The highest BCUT2D eigenvalue weighted by atomic mass is 16.5. The number of amides is 2. The maximum absolute atomic E-state index is 12.6. The monoisotopic (exact) mass is 422 g/mol. The predicted molar refractivity (Wildman–Crippen MR) is 115 cm³/mol. The first-order valence-electron chi connectivity index (χ1n) is 10.2. The zero-order valence-corrected chi connectivity index (χ0v) is 17.8. The molecule has 31 heavy (non-hydrogen) atoms. The van der Waals surface area contributed by atoms with Gasteiger partial charge >= 0.3 is 5.97 Å². The van der Waals surface area contributed by atoms with E-state index in [9.17, 15) is 19.2 Å². The summed E-state index contributed by atoms with van der Waals surface area (Å²) in [5.74, 6) is -1.92. The molecule has 2 aromatic carbocycles. The Morgan fingerprint density at radius 1 is 1.06 bits per heavy atom. The number of nitrogens with one attached hydrogen (secondary N) is 1. The van der Waals surface area contributed by atoms with Crippen molar-refractivity contribution in [3.05, 3.63) is 65.7 Å². The second-order valence-corrected chi connectivity index (χ2v) is 7.74. The second kappa shape index (κ2) is 9.55. The minimum absolute atomic E-state index is 0.0605. The van der Waals surface area contributed by atoms with Crippen molar-refractivity contribution in [2.75, 3.05) is 11.9 Å². The molecule has 1 fully saturated rings. The Morgan fingerprint density at radius 2 is 1.77 bits per heavy atom. The molecule has 0 aliphatic carbocycles. The molecule has 7 heteroatoms. The van der Waals surface area contributed by atoms with Crippen LogP contribution in [0.15, 0.2) is 54.6 Å². The Labute approximate surface area is 181 Å². The standard InChI is InChI=1S/C24H26N2O5/c1-15(18-8-5-4-6-9-18)26-14-20(13-22(26)28)24(30)31-17(3)23(29)25-21-11-7-10-19(12-21)16(2)27/h4-12,15,17,20H,13-14H2,1-3H3,(H,25,29)/t15-,17-,20-/m0/s1. The summed E-state index contributed by atoms with van der Waals surface area (Å²) in [5.41, 5.74) is 1.91. The Kier molecular flexibility index (Phi) is 6.84. The quantitative estimate of drug-likeness (QED) is 0.546. The lowest BCUT2D eigenvalue weighted by atomic mass is 10.1. The Hall–Kier alpha value is -3.48. The van der Waals surface area contributed by atoms with Gasteiger partial charge in [-0.25, -0.2) is 0 Å². The van der Waals surface area contributed by atoms with Crippen molar-refractivity contribution in [1.29, 1.82) is 0 Å². The van der Waals surface area contributed by atoms with Gasteiger partial charge in [-0.05, 0) is 38.5 Å². The van der Waals surface area contributed by atoms with Gasteiger partial charge in [-0.2, -0.15) is 0 Å². The maximum atomic E-state index is 12.6. The molecule has 0 radical (unpaired) electrons. The van der Waals surface area contributed by atoms with Crippen LogP contribution in [0.5, 0.6) is 0 Å². The minimum atomic E-state index is -1.04. The molecule has 3 rings (SSSR count). The Bertz CT molecular complexity index is 988. The number of rotatable bonds is 7. The summed E-state index contributed by atoms with van der Waals surface area (Å²) in [6.45, 7) is 5.09. The van der Waals surface area contributed by atoms with Crippen molar-refractivity contribution < 1.29 is 23.9 Å². The van der Waals surface area contributed by atoms with E-state index in [2.05, 4.69) is 5.32 Å². The molecule has 0 saturated carbocycles. The van der Waals surface area contributed by atoms with Gasteiger partial charge in [-0.1, -0.05) is 42.5 Å². The summed E-state index contributed by atoms with van der Waals surface area (Å²) in [4.78, 5) is 50.6. The van der Waals surface area contributed by atoms with E-state index < -0.39 is 23.9 Å². The van der Waals surface area contributed by atoms with Crippen LogP contribution >= 0.6 is 0 Å². The molecule has 1 aliphatic heterocycles. The molecule has 2 aromatic rings. The van der Waals surface area contributed by atoms with E-state index in [-0.39, 0.29) is 30.7 Å². The van der Waals surface area contributed by atoms with E-state index in [1.807, 2.05) is 37.3 Å². The zero-order chi connectivity index (χ0) is 22.5. The lowest BCUT2D eigenvalue weighted by Crippen LogP contribution is -2.33. The van der Waals surface area contributed by atoms with Crippen molar-refractivity contribution in [1.82, 2.24) is 4.90 Å². The third-order valence-electron chi connectivity index (χ3n) is 5.44. The molecule has 0 spiro atoms. The fourth-order valence-electron chi connectivity index (χ4n) is 3.56. The number of likely N-dealkylation sites (tertiary alicyclic amines) is 1. The number of carbonyl (C=O) groups excluding carboxylic acids is 4. The van der Waals surface area contributed by atoms with Crippen LogP contribution in [0.3, 0.4) is 0 Å².